The van der Waals surface area contributed by atoms with Gasteiger partial charge in [0.1, 0.15) is 5.75 Å². The summed E-state index contributed by atoms with van der Waals surface area (Å²) < 4.78 is 5.36. The molecule has 6 heteroatoms. The van der Waals surface area contributed by atoms with Crippen LogP contribution in [0.5, 0.6) is 5.75 Å². The fourth-order valence-corrected chi connectivity index (χ4v) is 3.10. The van der Waals surface area contributed by atoms with Crippen LogP contribution >= 0.6 is 0 Å². The molecule has 0 aliphatic carbocycles. The number of likely N-dealkylation sites (tertiary alicyclic amines) is 1. The average Bonchev–Trinajstić information content (AvgIpc) is 2.54. The zero-order valence-corrected chi connectivity index (χ0v) is 15.6. The van der Waals surface area contributed by atoms with Crippen molar-refractivity contribution in [1.82, 2.24) is 4.90 Å². The number of nitrogens with zero attached hydrogens (tertiary/aromatic N) is 1. The Morgan fingerprint density at radius 2 is 2.08 bits per heavy atom. The number of piperidine rings is 1. The Balaban J connectivity index is 2.05. The first-order valence-corrected chi connectivity index (χ1v) is 8.70. The van der Waals surface area contributed by atoms with E-state index in [9.17, 15) is 9.59 Å². The van der Waals surface area contributed by atoms with Crippen LogP contribution in [0.15, 0.2) is 18.2 Å². The van der Waals surface area contributed by atoms with Crippen LogP contribution in [0.2, 0.25) is 0 Å². The monoisotopic (exact) mass is 347 g/mol. The molecule has 1 heterocycles. The van der Waals surface area contributed by atoms with Crippen LogP contribution in [0.25, 0.3) is 0 Å². The highest BCUT2D eigenvalue weighted by atomic mass is 16.5. The van der Waals surface area contributed by atoms with Crippen molar-refractivity contribution in [2.75, 3.05) is 32.1 Å². The van der Waals surface area contributed by atoms with Crippen molar-refractivity contribution in [3.63, 3.8) is 0 Å². The lowest BCUT2D eigenvalue weighted by Gasteiger charge is -2.30. The largest absolute Gasteiger partial charge is 0.495 e. The highest BCUT2D eigenvalue weighted by Gasteiger charge is 2.25. The maximum absolute atomic E-state index is 12.5. The van der Waals surface area contributed by atoms with Gasteiger partial charge in [-0.25, -0.2) is 0 Å². The van der Waals surface area contributed by atoms with E-state index in [1.54, 1.807) is 7.11 Å². The number of anilines is 1. The molecule has 2 rings (SSSR count). The summed E-state index contributed by atoms with van der Waals surface area (Å²) in [5.41, 5.74) is 7.17. The minimum absolute atomic E-state index is 0.0205. The second kappa shape index (κ2) is 7.87. The Morgan fingerprint density at radius 1 is 1.36 bits per heavy atom. The van der Waals surface area contributed by atoms with Gasteiger partial charge in [-0.2, -0.15) is 0 Å². The maximum atomic E-state index is 12.5. The second-order valence-electron chi connectivity index (χ2n) is 7.69. The normalized spacial score (nSPS) is 18.6. The minimum Gasteiger partial charge on any atom is -0.495 e. The van der Waals surface area contributed by atoms with Gasteiger partial charge in [0.2, 0.25) is 11.8 Å². The molecule has 1 atom stereocenters. The van der Waals surface area contributed by atoms with Crippen molar-refractivity contribution in [3.8, 4) is 5.75 Å². The van der Waals surface area contributed by atoms with Crippen molar-refractivity contribution in [3.05, 3.63) is 23.8 Å². The molecule has 25 heavy (non-hydrogen) atoms. The highest BCUT2D eigenvalue weighted by molar-refractivity contribution is 5.94. The Hall–Kier alpha value is -2.08. The summed E-state index contributed by atoms with van der Waals surface area (Å²) in [4.78, 5) is 25.8. The summed E-state index contributed by atoms with van der Waals surface area (Å²) in [5, 5.41) is 2.94. The molecule has 1 unspecified atom stereocenters. The molecule has 2 amide bonds. The van der Waals surface area contributed by atoms with E-state index in [0.717, 1.165) is 24.9 Å². The van der Waals surface area contributed by atoms with Crippen LogP contribution in [0, 0.1) is 5.92 Å². The number of carbonyl (C=O) groups is 2. The van der Waals surface area contributed by atoms with Gasteiger partial charge in [-0.1, -0.05) is 26.8 Å². The molecular weight excluding hydrogens is 318 g/mol. The van der Waals surface area contributed by atoms with Gasteiger partial charge in [-0.05, 0) is 42.5 Å². The van der Waals surface area contributed by atoms with Gasteiger partial charge in [0.25, 0.3) is 0 Å². The van der Waals surface area contributed by atoms with E-state index in [4.69, 9.17) is 10.5 Å². The number of carbonyl (C=O) groups excluding carboxylic acids is 2. The van der Waals surface area contributed by atoms with Crippen molar-refractivity contribution in [1.29, 1.82) is 0 Å². The van der Waals surface area contributed by atoms with Gasteiger partial charge in [0.05, 0.1) is 25.3 Å². The Bertz CT molecular complexity index is 637. The van der Waals surface area contributed by atoms with E-state index in [1.165, 1.54) is 0 Å². The van der Waals surface area contributed by atoms with Gasteiger partial charge in [0.15, 0.2) is 0 Å². The molecule has 0 spiro atoms. The van der Waals surface area contributed by atoms with Gasteiger partial charge in [0, 0.05) is 6.54 Å². The molecule has 0 radical (unpaired) electrons. The van der Waals surface area contributed by atoms with Crippen molar-refractivity contribution in [2.45, 2.75) is 39.0 Å². The Kier molecular flexibility index (Phi) is 6.06. The van der Waals surface area contributed by atoms with E-state index >= 15 is 0 Å². The summed E-state index contributed by atoms with van der Waals surface area (Å²) in [6.45, 7) is 7.96. The van der Waals surface area contributed by atoms with Crippen LogP contribution in [0.4, 0.5) is 5.69 Å². The third kappa shape index (κ3) is 5.19. The van der Waals surface area contributed by atoms with Crippen molar-refractivity contribution >= 4 is 17.5 Å². The summed E-state index contributed by atoms with van der Waals surface area (Å²) in [6, 6.07) is 5.84. The molecule has 0 aromatic heterocycles. The number of amides is 2. The maximum Gasteiger partial charge on any atom is 0.238 e. The first kappa shape index (κ1) is 19.2. The van der Waals surface area contributed by atoms with Crippen LogP contribution in [-0.4, -0.2) is 43.5 Å². The fraction of sp³-hybridized carbons (Fsp3) is 0.579. The van der Waals surface area contributed by atoms with Gasteiger partial charge in [-0.15, -0.1) is 0 Å². The SMILES string of the molecule is COc1ccc(C(C)(C)C)cc1NC(=O)CN1CCCC(C(N)=O)C1. The molecule has 3 N–H and O–H groups in total. The Labute approximate surface area is 149 Å². The first-order chi connectivity index (χ1) is 11.7. The molecule has 138 valence electrons. The summed E-state index contributed by atoms with van der Waals surface area (Å²) >= 11 is 0. The van der Waals surface area contributed by atoms with Gasteiger partial charge in [-0.3, -0.25) is 14.5 Å². The predicted molar refractivity (Wildman–Crippen MR) is 98.7 cm³/mol. The van der Waals surface area contributed by atoms with E-state index in [0.29, 0.717) is 18.0 Å². The van der Waals surface area contributed by atoms with E-state index in [2.05, 4.69) is 26.1 Å². The molecule has 1 aromatic carbocycles. The number of nitrogens with two attached hydrogens (primary N) is 1. The zero-order valence-electron chi connectivity index (χ0n) is 15.6. The third-order valence-electron chi connectivity index (χ3n) is 4.61. The van der Waals surface area contributed by atoms with E-state index < -0.39 is 0 Å². The van der Waals surface area contributed by atoms with Crippen LogP contribution in [0.3, 0.4) is 0 Å². The number of hydrogen-bond donors (Lipinski definition) is 2. The molecular formula is C19H29N3O3. The van der Waals surface area contributed by atoms with Crippen molar-refractivity contribution < 1.29 is 14.3 Å². The smallest absolute Gasteiger partial charge is 0.238 e. The predicted octanol–water partition coefficient (Wildman–Crippen LogP) is 2.13. The second-order valence-corrected chi connectivity index (χ2v) is 7.69. The van der Waals surface area contributed by atoms with Gasteiger partial charge >= 0.3 is 0 Å². The topological polar surface area (TPSA) is 84.7 Å². The Morgan fingerprint density at radius 3 is 2.68 bits per heavy atom. The summed E-state index contributed by atoms with van der Waals surface area (Å²) in [5.74, 6) is 0.0643. The molecule has 1 aliphatic rings. The van der Waals surface area contributed by atoms with Gasteiger partial charge < -0.3 is 15.8 Å². The lowest BCUT2D eigenvalue weighted by atomic mass is 9.87. The van der Waals surface area contributed by atoms with E-state index in [-0.39, 0.29) is 29.7 Å². The molecule has 0 bridgehead atoms. The molecule has 1 fully saturated rings. The average molecular weight is 347 g/mol. The highest BCUT2D eigenvalue weighted by Crippen LogP contribution is 2.31. The van der Waals surface area contributed by atoms with E-state index in [1.807, 2.05) is 23.1 Å². The lowest BCUT2D eigenvalue weighted by Crippen LogP contribution is -2.44. The third-order valence-corrected chi connectivity index (χ3v) is 4.61. The van der Waals surface area contributed by atoms with Crippen LogP contribution < -0.4 is 15.8 Å². The number of methoxy groups -OCH3 is 1. The number of primary amides is 1. The summed E-state index contributed by atoms with van der Waals surface area (Å²) in [6.07, 6.45) is 1.68. The molecule has 1 aliphatic heterocycles. The zero-order chi connectivity index (χ0) is 18.6. The fourth-order valence-electron chi connectivity index (χ4n) is 3.10. The number of benzene rings is 1. The molecule has 1 aromatic rings. The number of ether oxygens (including phenoxy) is 1. The molecule has 1 saturated heterocycles. The van der Waals surface area contributed by atoms with Crippen LogP contribution in [-0.2, 0) is 15.0 Å². The number of nitrogens with one attached hydrogen (secondary N) is 1. The van der Waals surface area contributed by atoms with Crippen LogP contribution in [0.1, 0.15) is 39.2 Å². The quantitative estimate of drug-likeness (QED) is 0.854. The molecule has 6 nitrogen and oxygen atoms in total. The molecule has 0 saturated carbocycles. The van der Waals surface area contributed by atoms with Crippen molar-refractivity contribution in [2.24, 2.45) is 11.7 Å². The lowest BCUT2D eigenvalue weighted by molar-refractivity contribution is -0.125. The number of hydrogen-bond acceptors (Lipinski definition) is 4. The first-order valence-electron chi connectivity index (χ1n) is 8.70. The number of rotatable bonds is 5. The summed E-state index contributed by atoms with van der Waals surface area (Å²) in [7, 11) is 1.59. The minimum atomic E-state index is -0.287. The standard InChI is InChI=1S/C19H29N3O3/c1-19(2,3)14-7-8-16(25-4)15(10-14)21-17(23)12-22-9-5-6-13(11-22)18(20)24/h7-8,10,13H,5-6,9,11-12H2,1-4H3,(H2,20,24)(H,21,23).